The summed E-state index contributed by atoms with van der Waals surface area (Å²) in [6, 6.07) is 10.8. The average Bonchev–Trinajstić information content (AvgIpc) is 2.38. The number of hydrogen-bond acceptors (Lipinski definition) is 1. The molecule has 16 heavy (non-hydrogen) atoms. The Kier molecular flexibility index (Phi) is 4.17. The molecule has 0 unspecified atom stereocenters. The van der Waals surface area contributed by atoms with Crippen LogP contribution in [0.4, 0.5) is 0 Å². The molecule has 1 heteroatoms. The highest BCUT2D eigenvalue weighted by molar-refractivity contribution is 5.19. The van der Waals surface area contributed by atoms with Crippen LogP contribution in [0.15, 0.2) is 43.0 Å². The summed E-state index contributed by atoms with van der Waals surface area (Å²) in [4.78, 5) is 0. The smallest absolute Gasteiger partial charge is 0.0648 e. The summed E-state index contributed by atoms with van der Waals surface area (Å²) in [6.45, 7) is 4.38. The van der Waals surface area contributed by atoms with Gasteiger partial charge in [0, 0.05) is 0 Å². The molecule has 1 aromatic carbocycles. The second-order valence-corrected chi connectivity index (χ2v) is 4.51. The third-order valence-corrected chi connectivity index (χ3v) is 3.39. The van der Waals surface area contributed by atoms with E-state index in [4.69, 9.17) is 4.74 Å². The summed E-state index contributed by atoms with van der Waals surface area (Å²) in [5.41, 5.74) is 1.49. The maximum Gasteiger partial charge on any atom is 0.0648 e. The molecule has 0 aromatic heterocycles. The van der Waals surface area contributed by atoms with E-state index in [2.05, 4.69) is 36.9 Å². The maximum atomic E-state index is 5.70. The third-order valence-electron chi connectivity index (χ3n) is 3.39. The minimum atomic E-state index is 0.456. The van der Waals surface area contributed by atoms with Crippen molar-refractivity contribution in [3.8, 4) is 0 Å². The molecule has 0 saturated heterocycles. The van der Waals surface area contributed by atoms with Gasteiger partial charge in [-0.1, -0.05) is 36.4 Å². The van der Waals surface area contributed by atoms with Crippen molar-refractivity contribution < 1.29 is 4.74 Å². The largest absolute Gasteiger partial charge is 0.374 e. The van der Waals surface area contributed by atoms with E-state index in [9.17, 15) is 0 Å². The van der Waals surface area contributed by atoms with Crippen molar-refractivity contribution in [3.63, 3.8) is 0 Å². The molecule has 1 saturated carbocycles. The Balaban J connectivity index is 1.83. The molecular weight excluding hydrogens is 196 g/mol. The zero-order valence-electron chi connectivity index (χ0n) is 9.77. The SMILES string of the molecule is C=CCOC1CCC(c2ccccc2)CC1. The summed E-state index contributed by atoms with van der Waals surface area (Å²) >= 11 is 0. The predicted molar refractivity (Wildman–Crippen MR) is 67.6 cm³/mol. The van der Waals surface area contributed by atoms with Gasteiger partial charge in [0.2, 0.25) is 0 Å². The van der Waals surface area contributed by atoms with Crippen molar-refractivity contribution in [1.82, 2.24) is 0 Å². The van der Waals surface area contributed by atoms with E-state index in [-0.39, 0.29) is 0 Å². The van der Waals surface area contributed by atoms with Crippen molar-refractivity contribution >= 4 is 0 Å². The van der Waals surface area contributed by atoms with Crippen molar-refractivity contribution in [3.05, 3.63) is 48.6 Å². The lowest BCUT2D eigenvalue weighted by molar-refractivity contribution is 0.0424. The maximum absolute atomic E-state index is 5.70. The fraction of sp³-hybridized carbons (Fsp3) is 0.467. The van der Waals surface area contributed by atoms with Gasteiger partial charge in [0.1, 0.15) is 0 Å². The highest BCUT2D eigenvalue weighted by atomic mass is 16.5. The Morgan fingerprint density at radius 3 is 2.44 bits per heavy atom. The number of benzene rings is 1. The number of hydrogen-bond donors (Lipinski definition) is 0. The van der Waals surface area contributed by atoms with E-state index >= 15 is 0 Å². The van der Waals surface area contributed by atoms with Crippen LogP contribution in [0, 0.1) is 0 Å². The van der Waals surface area contributed by atoms with Gasteiger partial charge in [-0.25, -0.2) is 0 Å². The van der Waals surface area contributed by atoms with Gasteiger partial charge >= 0.3 is 0 Å². The normalized spacial score (nSPS) is 25.2. The summed E-state index contributed by atoms with van der Waals surface area (Å²) in [5.74, 6) is 0.741. The van der Waals surface area contributed by atoms with Crippen LogP contribution in [0.3, 0.4) is 0 Å². The molecule has 1 aromatic rings. The molecule has 0 radical (unpaired) electrons. The van der Waals surface area contributed by atoms with Crippen molar-refractivity contribution in [2.75, 3.05) is 6.61 Å². The molecule has 0 bridgehead atoms. The van der Waals surface area contributed by atoms with Gasteiger partial charge in [-0.15, -0.1) is 6.58 Å². The van der Waals surface area contributed by atoms with Gasteiger partial charge in [0.05, 0.1) is 12.7 Å². The molecule has 1 fully saturated rings. The van der Waals surface area contributed by atoms with E-state index in [0.29, 0.717) is 12.7 Å². The summed E-state index contributed by atoms with van der Waals surface area (Å²) in [6.07, 6.45) is 7.18. The second kappa shape index (κ2) is 5.86. The van der Waals surface area contributed by atoms with Crippen LogP contribution in [0.5, 0.6) is 0 Å². The van der Waals surface area contributed by atoms with Gasteiger partial charge in [0.25, 0.3) is 0 Å². The lowest BCUT2D eigenvalue weighted by atomic mass is 9.83. The topological polar surface area (TPSA) is 9.23 Å². The van der Waals surface area contributed by atoms with E-state index < -0.39 is 0 Å². The fourth-order valence-corrected chi connectivity index (χ4v) is 2.49. The van der Waals surface area contributed by atoms with Gasteiger partial charge in [0.15, 0.2) is 0 Å². The third kappa shape index (κ3) is 2.96. The van der Waals surface area contributed by atoms with Crippen LogP contribution >= 0.6 is 0 Å². The Morgan fingerprint density at radius 1 is 1.12 bits per heavy atom. The first kappa shape index (κ1) is 11.4. The molecule has 0 heterocycles. The first-order valence-electron chi connectivity index (χ1n) is 6.17. The van der Waals surface area contributed by atoms with Crippen molar-refractivity contribution in [2.45, 2.75) is 37.7 Å². The zero-order chi connectivity index (χ0) is 11.2. The first-order valence-corrected chi connectivity index (χ1v) is 6.17. The van der Waals surface area contributed by atoms with Crippen LogP contribution < -0.4 is 0 Å². The first-order chi connectivity index (χ1) is 7.90. The summed E-state index contributed by atoms with van der Waals surface area (Å²) in [7, 11) is 0. The van der Waals surface area contributed by atoms with E-state index in [1.165, 1.54) is 31.2 Å². The molecule has 0 atom stereocenters. The molecule has 1 aliphatic rings. The summed E-state index contributed by atoms with van der Waals surface area (Å²) < 4.78 is 5.70. The van der Waals surface area contributed by atoms with Gasteiger partial charge < -0.3 is 4.74 Å². The van der Waals surface area contributed by atoms with Crippen LogP contribution in [-0.2, 0) is 4.74 Å². The van der Waals surface area contributed by atoms with E-state index in [1.54, 1.807) is 0 Å². The van der Waals surface area contributed by atoms with E-state index in [0.717, 1.165) is 5.92 Å². The molecule has 0 N–H and O–H groups in total. The Hall–Kier alpha value is -1.08. The summed E-state index contributed by atoms with van der Waals surface area (Å²) in [5, 5.41) is 0. The molecule has 0 amide bonds. The van der Waals surface area contributed by atoms with Crippen molar-refractivity contribution in [2.24, 2.45) is 0 Å². The molecule has 1 nitrogen and oxygen atoms in total. The molecule has 2 rings (SSSR count). The fourth-order valence-electron chi connectivity index (χ4n) is 2.49. The lowest BCUT2D eigenvalue weighted by Crippen LogP contribution is -2.20. The highest BCUT2D eigenvalue weighted by Crippen LogP contribution is 2.33. The molecular formula is C15H20O. The quantitative estimate of drug-likeness (QED) is 0.693. The molecule has 0 aliphatic heterocycles. The van der Waals surface area contributed by atoms with Crippen LogP contribution in [0.2, 0.25) is 0 Å². The standard InChI is InChI=1S/C15H20O/c1-2-12-16-15-10-8-14(9-11-15)13-6-4-3-5-7-13/h2-7,14-15H,1,8-12H2. The minimum absolute atomic E-state index is 0.456. The van der Waals surface area contributed by atoms with Gasteiger partial charge in [-0.05, 0) is 37.2 Å². The molecule has 0 spiro atoms. The van der Waals surface area contributed by atoms with E-state index in [1.807, 2.05) is 6.08 Å². The van der Waals surface area contributed by atoms with Gasteiger partial charge in [-0.2, -0.15) is 0 Å². The molecule has 1 aliphatic carbocycles. The average molecular weight is 216 g/mol. The predicted octanol–water partition coefficient (Wildman–Crippen LogP) is 3.92. The highest BCUT2D eigenvalue weighted by Gasteiger charge is 2.22. The lowest BCUT2D eigenvalue weighted by Gasteiger charge is -2.28. The van der Waals surface area contributed by atoms with Crippen LogP contribution in [0.1, 0.15) is 37.2 Å². The monoisotopic (exact) mass is 216 g/mol. The minimum Gasteiger partial charge on any atom is -0.374 e. The van der Waals surface area contributed by atoms with Crippen LogP contribution in [-0.4, -0.2) is 12.7 Å². The zero-order valence-corrected chi connectivity index (χ0v) is 9.77. The van der Waals surface area contributed by atoms with Gasteiger partial charge in [-0.3, -0.25) is 0 Å². The van der Waals surface area contributed by atoms with Crippen molar-refractivity contribution in [1.29, 1.82) is 0 Å². The van der Waals surface area contributed by atoms with Crippen LogP contribution in [0.25, 0.3) is 0 Å². The number of rotatable bonds is 4. The second-order valence-electron chi connectivity index (χ2n) is 4.51. The Bertz CT molecular complexity index is 309. The molecule has 86 valence electrons. The Labute approximate surface area is 98.1 Å². The number of ether oxygens (including phenoxy) is 1. The Morgan fingerprint density at radius 2 is 1.81 bits per heavy atom.